The van der Waals surface area contributed by atoms with Crippen molar-refractivity contribution in [2.75, 3.05) is 5.73 Å². The molecule has 0 saturated carbocycles. The lowest BCUT2D eigenvalue weighted by molar-refractivity contribution is 0.628. The maximum absolute atomic E-state index is 12.9. The molecule has 0 unspecified atom stereocenters. The first-order valence-corrected chi connectivity index (χ1v) is 6.39. The highest BCUT2D eigenvalue weighted by Crippen LogP contribution is 2.32. The number of imidazole rings is 1. The van der Waals surface area contributed by atoms with Crippen molar-refractivity contribution in [3.63, 3.8) is 0 Å². The van der Waals surface area contributed by atoms with Crippen molar-refractivity contribution in [1.29, 1.82) is 0 Å². The molecule has 0 saturated heterocycles. The van der Waals surface area contributed by atoms with Crippen molar-refractivity contribution in [2.45, 2.75) is 13.8 Å². The van der Waals surface area contributed by atoms with Crippen molar-refractivity contribution < 1.29 is 4.39 Å². The minimum absolute atomic E-state index is 0.259. The summed E-state index contributed by atoms with van der Waals surface area (Å²) < 4.78 is 14.9. The molecule has 2 heterocycles. The third-order valence-electron chi connectivity index (χ3n) is 3.09. The number of hydrogen-bond donors (Lipinski definition) is 1. The third-order valence-corrected chi connectivity index (χ3v) is 4.15. The van der Waals surface area contributed by atoms with Gasteiger partial charge in [0.25, 0.3) is 0 Å². The van der Waals surface area contributed by atoms with E-state index < -0.39 is 0 Å². The molecule has 3 aromatic rings. The molecule has 0 amide bonds. The molecule has 0 spiro atoms. The summed E-state index contributed by atoms with van der Waals surface area (Å²) in [4.78, 5) is 6.61. The van der Waals surface area contributed by atoms with E-state index >= 15 is 0 Å². The number of fused-ring (bicyclic) bond motifs is 1. The molecule has 2 N–H and O–H groups in total. The highest BCUT2D eigenvalue weighted by atomic mass is 32.1. The zero-order valence-corrected chi connectivity index (χ0v) is 10.9. The summed E-state index contributed by atoms with van der Waals surface area (Å²) in [6.07, 6.45) is 0. The highest BCUT2D eigenvalue weighted by Gasteiger charge is 2.15. The van der Waals surface area contributed by atoms with Crippen LogP contribution in [0.3, 0.4) is 0 Å². The van der Waals surface area contributed by atoms with Gasteiger partial charge in [-0.1, -0.05) is 0 Å². The molecule has 0 bridgehead atoms. The highest BCUT2D eigenvalue weighted by molar-refractivity contribution is 7.17. The van der Waals surface area contributed by atoms with Gasteiger partial charge in [0.1, 0.15) is 17.3 Å². The SMILES string of the molecule is Cc1sc2nc(-c3ccc(F)cc3)c(N)n2c1C. The van der Waals surface area contributed by atoms with Gasteiger partial charge >= 0.3 is 0 Å². The van der Waals surface area contributed by atoms with Crippen LogP contribution in [0, 0.1) is 19.7 Å². The van der Waals surface area contributed by atoms with Crippen molar-refractivity contribution in [3.8, 4) is 11.3 Å². The molecule has 0 fully saturated rings. The fourth-order valence-electron chi connectivity index (χ4n) is 1.99. The van der Waals surface area contributed by atoms with Crippen molar-refractivity contribution >= 4 is 22.1 Å². The zero-order chi connectivity index (χ0) is 12.9. The molecule has 0 atom stereocenters. The first-order chi connectivity index (χ1) is 8.58. The van der Waals surface area contributed by atoms with Gasteiger partial charge in [0, 0.05) is 16.1 Å². The van der Waals surface area contributed by atoms with E-state index in [2.05, 4.69) is 4.98 Å². The number of rotatable bonds is 1. The normalized spacial score (nSPS) is 11.3. The summed E-state index contributed by atoms with van der Waals surface area (Å²) in [6.45, 7) is 4.07. The molecule has 0 aliphatic rings. The predicted octanol–water partition coefficient (Wildman–Crippen LogP) is 3.40. The van der Waals surface area contributed by atoms with Crippen LogP contribution in [-0.4, -0.2) is 9.38 Å². The molecule has 0 aliphatic carbocycles. The van der Waals surface area contributed by atoms with Crippen LogP contribution in [0.15, 0.2) is 24.3 Å². The lowest BCUT2D eigenvalue weighted by Crippen LogP contribution is -1.95. The van der Waals surface area contributed by atoms with Crippen LogP contribution in [0.4, 0.5) is 10.2 Å². The van der Waals surface area contributed by atoms with E-state index in [0.29, 0.717) is 11.5 Å². The van der Waals surface area contributed by atoms with Crippen LogP contribution < -0.4 is 5.73 Å². The van der Waals surface area contributed by atoms with Crippen LogP contribution in [0.25, 0.3) is 16.2 Å². The maximum Gasteiger partial charge on any atom is 0.196 e. The molecule has 2 aromatic heterocycles. The number of aromatic nitrogens is 2. The molecule has 0 aliphatic heterocycles. The molecular weight excluding hydrogens is 249 g/mol. The average Bonchev–Trinajstić information content (AvgIpc) is 2.80. The Labute approximate surface area is 108 Å². The average molecular weight is 261 g/mol. The monoisotopic (exact) mass is 261 g/mol. The Morgan fingerprint density at radius 3 is 2.50 bits per heavy atom. The molecular formula is C13H12FN3S. The largest absolute Gasteiger partial charge is 0.383 e. The van der Waals surface area contributed by atoms with Crippen molar-refractivity contribution in [1.82, 2.24) is 9.38 Å². The second-order valence-corrected chi connectivity index (χ2v) is 5.40. The number of nitrogens with zero attached hydrogens (tertiary/aromatic N) is 2. The maximum atomic E-state index is 12.9. The molecule has 1 aromatic carbocycles. The van der Waals surface area contributed by atoms with E-state index in [9.17, 15) is 4.39 Å². The Bertz CT molecular complexity index is 725. The molecule has 0 radical (unpaired) electrons. The zero-order valence-electron chi connectivity index (χ0n) is 10.1. The summed E-state index contributed by atoms with van der Waals surface area (Å²) in [5, 5.41) is 0. The van der Waals surface area contributed by atoms with Crippen LogP contribution in [0.2, 0.25) is 0 Å². The number of nitrogen functional groups attached to an aromatic ring is 1. The quantitative estimate of drug-likeness (QED) is 0.729. The van der Waals surface area contributed by atoms with Crippen LogP contribution in [0.5, 0.6) is 0 Å². The van der Waals surface area contributed by atoms with E-state index in [-0.39, 0.29) is 5.82 Å². The van der Waals surface area contributed by atoms with E-state index in [1.165, 1.54) is 17.0 Å². The smallest absolute Gasteiger partial charge is 0.196 e. The number of thiazole rings is 1. The van der Waals surface area contributed by atoms with Crippen LogP contribution >= 0.6 is 11.3 Å². The first-order valence-electron chi connectivity index (χ1n) is 5.58. The summed E-state index contributed by atoms with van der Waals surface area (Å²) >= 11 is 1.61. The number of benzene rings is 1. The summed E-state index contributed by atoms with van der Waals surface area (Å²) in [5.74, 6) is 0.351. The predicted molar refractivity (Wildman–Crippen MR) is 72.3 cm³/mol. The van der Waals surface area contributed by atoms with Gasteiger partial charge in [0.05, 0.1) is 0 Å². The Morgan fingerprint density at radius 2 is 1.89 bits per heavy atom. The Kier molecular flexibility index (Phi) is 2.38. The Morgan fingerprint density at radius 1 is 1.22 bits per heavy atom. The number of anilines is 1. The lowest BCUT2D eigenvalue weighted by atomic mass is 10.1. The van der Waals surface area contributed by atoms with Crippen molar-refractivity contribution in [2.24, 2.45) is 0 Å². The van der Waals surface area contributed by atoms with Crippen LogP contribution in [0.1, 0.15) is 10.6 Å². The first kappa shape index (κ1) is 11.2. The summed E-state index contributed by atoms with van der Waals surface area (Å²) in [5.41, 5.74) is 8.79. The summed E-state index contributed by atoms with van der Waals surface area (Å²) in [6, 6.07) is 6.22. The lowest BCUT2D eigenvalue weighted by Gasteiger charge is -2.00. The Balaban J connectivity index is 2.24. The number of hydrogen-bond acceptors (Lipinski definition) is 3. The van der Waals surface area contributed by atoms with Gasteiger partial charge in [-0.15, -0.1) is 11.3 Å². The van der Waals surface area contributed by atoms with E-state index in [1.807, 2.05) is 18.2 Å². The van der Waals surface area contributed by atoms with E-state index in [0.717, 1.165) is 16.2 Å². The molecule has 92 valence electrons. The van der Waals surface area contributed by atoms with Crippen LogP contribution in [-0.2, 0) is 0 Å². The topological polar surface area (TPSA) is 43.3 Å². The number of aryl methyl sites for hydroxylation is 2. The molecule has 3 rings (SSSR count). The Hall–Kier alpha value is -1.88. The minimum Gasteiger partial charge on any atom is -0.383 e. The van der Waals surface area contributed by atoms with Gasteiger partial charge in [0.2, 0.25) is 0 Å². The van der Waals surface area contributed by atoms with Gasteiger partial charge < -0.3 is 5.73 Å². The standard InChI is InChI=1S/C13H12FN3S/c1-7-8(2)18-13-16-11(12(15)17(7)13)9-3-5-10(14)6-4-9/h3-6H,15H2,1-2H3. The fourth-order valence-corrected chi connectivity index (χ4v) is 2.97. The number of nitrogens with two attached hydrogens (primary N) is 1. The number of halogens is 1. The van der Waals surface area contributed by atoms with E-state index in [4.69, 9.17) is 5.73 Å². The van der Waals surface area contributed by atoms with Gasteiger partial charge in [-0.3, -0.25) is 4.40 Å². The second kappa shape index (κ2) is 3.81. The van der Waals surface area contributed by atoms with Gasteiger partial charge in [-0.25, -0.2) is 9.37 Å². The van der Waals surface area contributed by atoms with Crippen molar-refractivity contribution in [3.05, 3.63) is 40.7 Å². The summed E-state index contributed by atoms with van der Waals surface area (Å²) in [7, 11) is 0. The molecule has 5 heteroatoms. The third kappa shape index (κ3) is 1.51. The second-order valence-electron chi connectivity index (χ2n) is 4.21. The van der Waals surface area contributed by atoms with E-state index in [1.54, 1.807) is 23.5 Å². The van der Waals surface area contributed by atoms with Gasteiger partial charge in [-0.2, -0.15) is 0 Å². The fraction of sp³-hybridized carbons (Fsp3) is 0.154. The minimum atomic E-state index is -0.259. The van der Waals surface area contributed by atoms with Gasteiger partial charge in [0.15, 0.2) is 4.96 Å². The molecule has 3 nitrogen and oxygen atoms in total. The van der Waals surface area contributed by atoms with Gasteiger partial charge in [-0.05, 0) is 38.1 Å². The molecule has 18 heavy (non-hydrogen) atoms.